The second kappa shape index (κ2) is 6.34. The Kier molecular flexibility index (Phi) is 4.49. The van der Waals surface area contributed by atoms with Gasteiger partial charge in [0.05, 0.1) is 16.7 Å². The van der Waals surface area contributed by atoms with E-state index in [0.717, 1.165) is 30.5 Å². The van der Waals surface area contributed by atoms with E-state index in [4.69, 9.17) is 9.94 Å². The molecule has 0 aliphatic carbocycles. The number of nitro benzene ring substituents is 1. The molecular weight excluding hydrogens is 317 g/mol. The standard InChI is InChI=1S/C14H9F3N2O4/c15-14(16,17)10-2-1-3-11(7-10)23-13-5-4-9(8-18-20)6-12(13)19(21)22/h1-8,20H. The van der Waals surface area contributed by atoms with Gasteiger partial charge in [0.2, 0.25) is 5.75 Å². The zero-order valence-corrected chi connectivity index (χ0v) is 11.3. The maximum absolute atomic E-state index is 12.6. The summed E-state index contributed by atoms with van der Waals surface area (Å²) in [5.41, 5.74) is -1.17. The molecule has 2 aromatic carbocycles. The van der Waals surface area contributed by atoms with Crippen LogP contribution in [0.25, 0.3) is 0 Å². The summed E-state index contributed by atoms with van der Waals surface area (Å²) in [4.78, 5) is 10.3. The van der Waals surface area contributed by atoms with Gasteiger partial charge in [0, 0.05) is 11.6 Å². The number of rotatable bonds is 4. The smallest absolute Gasteiger partial charge is 0.416 e. The molecule has 0 amide bonds. The summed E-state index contributed by atoms with van der Waals surface area (Å²) < 4.78 is 43.1. The zero-order valence-electron chi connectivity index (χ0n) is 11.3. The minimum absolute atomic E-state index is 0.188. The second-order valence-corrected chi connectivity index (χ2v) is 4.36. The zero-order chi connectivity index (χ0) is 17.0. The summed E-state index contributed by atoms with van der Waals surface area (Å²) in [6, 6.07) is 7.63. The van der Waals surface area contributed by atoms with Crippen LogP contribution in [0.15, 0.2) is 47.6 Å². The lowest BCUT2D eigenvalue weighted by molar-refractivity contribution is -0.385. The molecule has 0 unspecified atom stereocenters. The van der Waals surface area contributed by atoms with Crippen molar-refractivity contribution in [3.63, 3.8) is 0 Å². The molecular formula is C14H9F3N2O4. The largest absolute Gasteiger partial charge is 0.450 e. The molecule has 9 heteroatoms. The number of hydrogen-bond donors (Lipinski definition) is 1. The summed E-state index contributed by atoms with van der Waals surface area (Å²) in [6.45, 7) is 0. The monoisotopic (exact) mass is 326 g/mol. The van der Waals surface area contributed by atoms with Crippen LogP contribution >= 0.6 is 0 Å². The minimum atomic E-state index is -4.55. The summed E-state index contributed by atoms with van der Waals surface area (Å²) in [5.74, 6) is -0.420. The van der Waals surface area contributed by atoms with Crippen molar-refractivity contribution in [3.8, 4) is 11.5 Å². The van der Waals surface area contributed by atoms with Crippen molar-refractivity contribution in [3.05, 3.63) is 63.7 Å². The Morgan fingerprint density at radius 3 is 2.57 bits per heavy atom. The van der Waals surface area contributed by atoms with Crippen LogP contribution in [-0.2, 0) is 6.18 Å². The maximum Gasteiger partial charge on any atom is 0.416 e. The van der Waals surface area contributed by atoms with Gasteiger partial charge in [-0.15, -0.1) is 0 Å². The highest BCUT2D eigenvalue weighted by atomic mass is 19.4. The number of halogens is 3. The van der Waals surface area contributed by atoms with Gasteiger partial charge in [-0.2, -0.15) is 13.2 Å². The first kappa shape index (κ1) is 16.3. The first-order valence-electron chi connectivity index (χ1n) is 6.12. The molecule has 2 aromatic rings. The number of benzene rings is 2. The minimum Gasteiger partial charge on any atom is -0.450 e. The number of hydrogen-bond acceptors (Lipinski definition) is 5. The molecule has 0 saturated heterocycles. The highest BCUT2D eigenvalue weighted by molar-refractivity contribution is 5.81. The summed E-state index contributed by atoms with van der Waals surface area (Å²) in [5, 5.41) is 22.2. The number of alkyl halides is 3. The van der Waals surface area contributed by atoms with E-state index in [-0.39, 0.29) is 17.1 Å². The van der Waals surface area contributed by atoms with Crippen molar-refractivity contribution in [2.24, 2.45) is 5.16 Å². The average Bonchev–Trinajstić information content (AvgIpc) is 2.48. The molecule has 6 nitrogen and oxygen atoms in total. The van der Waals surface area contributed by atoms with E-state index in [9.17, 15) is 23.3 Å². The van der Waals surface area contributed by atoms with E-state index in [1.807, 2.05) is 0 Å². The fourth-order valence-corrected chi connectivity index (χ4v) is 1.77. The molecule has 0 spiro atoms. The van der Waals surface area contributed by atoms with E-state index in [2.05, 4.69) is 5.16 Å². The molecule has 120 valence electrons. The Hall–Kier alpha value is -3.10. The van der Waals surface area contributed by atoms with E-state index in [1.165, 1.54) is 18.2 Å². The Balaban J connectivity index is 2.38. The lowest BCUT2D eigenvalue weighted by Crippen LogP contribution is -2.04. The number of ether oxygens (including phenoxy) is 1. The van der Waals surface area contributed by atoms with Crippen LogP contribution in [0.2, 0.25) is 0 Å². The highest BCUT2D eigenvalue weighted by Gasteiger charge is 2.30. The molecule has 23 heavy (non-hydrogen) atoms. The molecule has 0 heterocycles. The molecule has 0 radical (unpaired) electrons. The van der Waals surface area contributed by atoms with Crippen molar-refractivity contribution in [2.75, 3.05) is 0 Å². The van der Waals surface area contributed by atoms with Gasteiger partial charge in [-0.3, -0.25) is 10.1 Å². The lowest BCUT2D eigenvalue weighted by atomic mass is 10.2. The summed E-state index contributed by atoms with van der Waals surface area (Å²) in [7, 11) is 0. The molecule has 0 aliphatic heterocycles. The first-order chi connectivity index (χ1) is 10.8. The first-order valence-corrected chi connectivity index (χ1v) is 6.12. The number of nitrogens with zero attached hydrogens (tertiary/aromatic N) is 2. The van der Waals surface area contributed by atoms with Crippen LogP contribution in [-0.4, -0.2) is 16.3 Å². The van der Waals surface area contributed by atoms with Crippen molar-refractivity contribution >= 4 is 11.9 Å². The molecule has 2 rings (SSSR count). The van der Waals surface area contributed by atoms with Gasteiger partial charge in [0.15, 0.2) is 0 Å². The maximum atomic E-state index is 12.6. The third-order valence-corrected chi connectivity index (χ3v) is 2.78. The lowest BCUT2D eigenvalue weighted by Gasteiger charge is -2.10. The Bertz CT molecular complexity index is 760. The van der Waals surface area contributed by atoms with Crippen molar-refractivity contribution in [1.82, 2.24) is 0 Å². The third-order valence-electron chi connectivity index (χ3n) is 2.78. The van der Waals surface area contributed by atoms with Crippen LogP contribution < -0.4 is 4.74 Å². The fraction of sp³-hybridized carbons (Fsp3) is 0.0714. The third kappa shape index (κ3) is 3.96. The van der Waals surface area contributed by atoms with Gasteiger partial charge >= 0.3 is 11.9 Å². The summed E-state index contributed by atoms with van der Waals surface area (Å²) in [6.07, 6.45) is -3.58. The molecule has 0 aliphatic rings. The van der Waals surface area contributed by atoms with Crippen LogP contribution in [0, 0.1) is 10.1 Å². The SMILES string of the molecule is O=[N+]([O-])c1cc(C=NO)ccc1Oc1cccc(C(F)(F)F)c1. The normalized spacial score (nSPS) is 11.6. The molecule has 0 fully saturated rings. The van der Waals surface area contributed by atoms with E-state index in [1.54, 1.807) is 0 Å². The van der Waals surface area contributed by atoms with E-state index in [0.29, 0.717) is 0 Å². The van der Waals surface area contributed by atoms with Crippen LogP contribution in [0.1, 0.15) is 11.1 Å². The Labute approximate surface area is 127 Å². The Morgan fingerprint density at radius 2 is 1.96 bits per heavy atom. The van der Waals surface area contributed by atoms with Crippen LogP contribution in [0.3, 0.4) is 0 Å². The van der Waals surface area contributed by atoms with Gasteiger partial charge in [-0.05, 0) is 30.3 Å². The molecule has 0 saturated carbocycles. The molecule has 0 bridgehead atoms. The van der Waals surface area contributed by atoms with Crippen molar-refractivity contribution < 1.29 is 28.0 Å². The topological polar surface area (TPSA) is 85.0 Å². The Morgan fingerprint density at radius 1 is 1.22 bits per heavy atom. The predicted molar refractivity (Wildman–Crippen MR) is 74.0 cm³/mol. The summed E-state index contributed by atoms with van der Waals surface area (Å²) >= 11 is 0. The van der Waals surface area contributed by atoms with Crippen LogP contribution in [0.4, 0.5) is 18.9 Å². The van der Waals surface area contributed by atoms with E-state index < -0.39 is 22.4 Å². The fourth-order valence-electron chi connectivity index (χ4n) is 1.77. The molecule has 0 atom stereocenters. The van der Waals surface area contributed by atoms with Crippen LogP contribution in [0.5, 0.6) is 11.5 Å². The van der Waals surface area contributed by atoms with Gasteiger partial charge in [-0.25, -0.2) is 0 Å². The number of oxime groups is 1. The number of nitro groups is 1. The van der Waals surface area contributed by atoms with Gasteiger partial charge in [0.25, 0.3) is 0 Å². The second-order valence-electron chi connectivity index (χ2n) is 4.36. The molecule has 1 N–H and O–H groups in total. The molecule has 0 aromatic heterocycles. The quantitative estimate of drug-likeness (QED) is 0.395. The van der Waals surface area contributed by atoms with Gasteiger partial charge in [0.1, 0.15) is 5.75 Å². The van der Waals surface area contributed by atoms with E-state index >= 15 is 0 Å². The van der Waals surface area contributed by atoms with Crippen molar-refractivity contribution in [2.45, 2.75) is 6.18 Å². The predicted octanol–water partition coefficient (Wildman–Crippen LogP) is 4.21. The van der Waals surface area contributed by atoms with Gasteiger partial charge in [-0.1, -0.05) is 11.2 Å². The average molecular weight is 326 g/mol. The van der Waals surface area contributed by atoms with Gasteiger partial charge < -0.3 is 9.94 Å². The highest BCUT2D eigenvalue weighted by Crippen LogP contribution is 2.35. The van der Waals surface area contributed by atoms with Crippen molar-refractivity contribution in [1.29, 1.82) is 0 Å².